The Bertz CT molecular complexity index is 3170. The van der Waals surface area contributed by atoms with Crippen LogP contribution in [0.2, 0.25) is 0 Å². The zero-order valence-electron chi connectivity index (χ0n) is 31.7. The fraction of sp³-hybridized carbons (Fsp3) is 0.0364. The van der Waals surface area contributed by atoms with Gasteiger partial charge in [0, 0.05) is 40.9 Å². The van der Waals surface area contributed by atoms with Crippen molar-refractivity contribution in [1.82, 2.24) is 9.97 Å². The lowest BCUT2D eigenvalue weighted by Gasteiger charge is -2.27. The van der Waals surface area contributed by atoms with Crippen molar-refractivity contribution in [3.8, 4) is 56.2 Å². The van der Waals surface area contributed by atoms with Gasteiger partial charge in [0.05, 0.1) is 11.4 Å². The van der Waals surface area contributed by atoms with E-state index in [2.05, 4.69) is 211 Å². The molecule has 2 heterocycles. The van der Waals surface area contributed by atoms with Gasteiger partial charge in [-0.2, -0.15) is 0 Å². The van der Waals surface area contributed by atoms with Crippen LogP contribution in [0, 0.1) is 5.92 Å². The van der Waals surface area contributed by atoms with Crippen LogP contribution in [-0.4, -0.2) is 16.2 Å². The molecule has 0 fully saturated rings. The number of aliphatic imine (C=N–C) groups is 1. The Morgan fingerprint density at radius 2 is 1.05 bits per heavy atom. The molecule has 2 unspecified atom stereocenters. The van der Waals surface area contributed by atoms with Crippen molar-refractivity contribution in [2.45, 2.75) is 5.92 Å². The van der Waals surface area contributed by atoms with Gasteiger partial charge in [-0.25, -0.2) is 9.97 Å². The van der Waals surface area contributed by atoms with Gasteiger partial charge in [0.25, 0.3) is 0 Å². The number of rotatable bonds is 6. The van der Waals surface area contributed by atoms with Crippen LogP contribution in [0.25, 0.3) is 88.5 Å². The summed E-state index contributed by atoms with van der Waals surface area (Å²) in [6.07, 6.45) is 12.7. The summed E-state index contributed by atoms with van der Waals surface area (Å²) in [5.74, 6) is 1.16. The summed E-state index contributed by atoms with van der Waals surface area (Å²) in [4.78, 5) is 15.1. The van der Waals surface area contributed by atoms with Gasteiger partial charge in [0.1, 0.15) is 0 Å². The van der Waals surface area contributed by atoms with Crippen molar-refractivity contribution < 1.29 is 0 Å². The van der Waals surface area contributed by atoms with E-state index >= 15 is 0 Å². The molecule has 0 spiro atoms. The number of allylic oxidation sites excluding steroid dienone is 5. The quantitative estimate of drug-likeness (QED) is 0.159. The van der Waals surface area contributed by atoms with E-state index in [-0.39, 0.29) is 11.8 Å². The van der Waals surface area contributed by atoms with Crippen LogP contribution in [0.4, 0.5) is 0 Å². The largest absolute Gasteiger partial charge is 0.268 e. The molecule has 3 heteroatoms. The van der Waals surface area contributed by atoms with Crippen LogP contribution >= 0.6 is 0 Å². The Morgan fingerprint density at radius 1 is 0.397 bits per heavy atom. The lowest BCUT2D eigenvalue weighted by atomic mass is 9.79. The van der Waals surface area contributed by atoms with Crippen LogP contribution in [0.3, 0.4) is 0 Å². The first kappa shape index (κ1) is 33.8. The summed E-state index contributed by atoms with van der Waals surface area (Å²) in [5.41, 5.74) is 12.0. The van der Waals surface area contributed by atoms with Crippen LogP contribution in [0.5, 0.6) is 0 Å². The first-order chi connectivity index (χ1) is 28.7. The second kappa shape index (κ2) is 14.2. The average molecular weight is 740 g/mol. The third-order valence-corrected chi connectivity index (χ3v) is 11.7. The molecule has 272 valence electrons. The van der Waals surface area contributed by atoms with E-state index < -0.39 is 0 Å². The van der Waals surface area contributed by atoms with Crippen molar-refractivity contribution in [2.75, 3.05) is 0 Å². The third kappa shape index (κ3) is 6.14. The second-order valence-corrected chi connectivity index (χ2v) is 15.2. The number of benzene rings is 8. The molecule has 0 radical (unpaired) electrons. The Hall–Kier alpha value is -7.49. The van der Waals surface area contributed by atoms with E-state index in [1.54, 1.807) is 0 Å². The highest BCUT2D eigenvalue weighted by molar-refractivity contribution is 6.13. The van der Waals surface area contributed by atoms with Crippen LogP contribution in [0.1, 0.15) is 11.5 Å². The summed E-state index contributed by atoms with van der Waals surface area (Å²) in [5, 5.41) is 7.47. The van der Waals surface area contributed by atoms with E-state index in [1.165, 1.54) is 54.6 Å². The summed E-state index contributed by atoms with van der Waals surface area (Å²) >= 11 is 0. The average Bonchev–Trinajstić information content (AvgIpc) is 3.31. The van der Waals surface area contributed by atoms with Gasteiger partial charge in [-0.3, -0.25) is 4.99 Å². The third-order valence-electron chi connectivity index (χ3n) is 11.7. The molecular weight excluding hydrogens is 703 g/mol. The maximum atomic E-state index is 5.26. The van der Waals surface area contributed by atoms with Gasteiger partial charge in [-0.1, -0.05) is 176 Å². The van der Waals surface area contributed by atoms with Crippen molar-refractivity contribution >= 4 is 38.5 Å². The van der Waals surface area contributed by atoms with Gasteiger partial charge in [0.15, 0.2) is 5.82 Å². The number of aromatic nitrogens is 2. The Labute approximate surface area is 337 Å². The fourth-order valence-electron chi connectivity index (χ4n) is 8.70. The van der Waals surface area contributed by atoms with Gasteiger partial charge < -0.3 is 0 Å². The molecule has 8 aromatic carbocycles. The number of hydrogen-bond acceptors (Lipinski definition) is 3. The molecule has 0 bridgehead atoms. The minimum Gasteiger partial charge on any atom is -0.268 e. The highest BCUT2D eigenvalue weighted by atomic mass is 14.9. The molecule has 0 amide bonds. The standard InChI is InChI=1S/C55H37N3/c1-2-11-41-30-43(29-20-36(41)10-1)42-14-9-15-45(31-42)54-33-53(39-25-21-38(22-26-39)52-35-56-34-46-13-4-6-17-48(46)52)57-55(58-54)40-27-23-37(24-28-40)51-32-44-12-3-5-16-47(44)49-18-7-8-19-50(49)51/h1-35,48,52H. The molecule has 2 atom stereocenters. The Kier molecular flexibility index (Phi) is 8.29. The van der Waals surface area contributed by atoms with Crippen LogP contribution in [-0.2, 0) is 0 Å². The van der Waals surface area contributed by atoms with Gasteiger partial charge in [0.2, 0.25) is 0 Å². The predicted octanol–water partition coefficient (Wildman–Crippen LogP) is 14.1. The molecule has 1 aromatic heterocycles. The van der Waals surface area contributed by atoms with E-state index in [0.717, 1.165) is 39.2 Å². The lowest BCUT2D eigenvalue weighted by molar-refractivity contribution is 0.707. The predicted molar refractivity (Wildman–Crippen MR) is 243 cm³/mol. The van der Waals surface area contributed by atoms with Crippen LogP contribution < -0.4 is 0 Å². The van der Waals surface area contributed by atoms with Gasteiger partial charge in [-0.15, -0.1) is 0 Å². The number of nitrogens with zero attached hydrogens (tertiary/aromatic N) is 3. The zero-order chi connectivity index (χ0) is 38.4. The summed E-state index contributed by atoms with van der Waals surface area (Å²) in [6.45, 7) is 0. The SMILES string of the molecule is C1=CC2=CN=CC(c3ccc(-c4cc(-c5cccc(-c6ccc7ccccc7c6)c5)nc(-c5ccc(-c6cc7ccccc7c7ccccc67)cc5)n4)cc3)C2C=C1. The van der Waals surface area contributed by atoms with Crippen LogP contribution in [0.15, 0.2) is 217 Å². The van der Waals surface area contributed by atoms with Crippen molar-refractivity contribution in [1.29, 1.82) is 0 Å². The minimum atomic E-state index is 0.183. The minimum absolute atomic E-state index is 0.183. The molecular formula is C55H37N3. The van der Waals surface area contributed by atoms with E-state index in [0.29, 0.717) is 5.82 Å². The smallest absolute Gasteiger partial charge is 0.160 e. The molecule has 11 rings (SSSR count). The molecule has 58 heavy (non-hydrogen) atoms. The van der Waals surface area contributed by atoms with Gasteiger partial charge >= 0.3 is 0 Å². The Balaban J connectivity index is 1.000. The lowest BCUT2D eigenvalue weighted by Crippen LogP contribution is -2.18. The monoisotopic (exact) mass is 739 g/mol. The number of fused-ring (bicyclic) bond motifs is 5. The molecule has 0 saturated heterocycles. The molecule has 3 nitrogen and oxygen atoms in total. The molecule has 1 aliphatic carbocycles. The van der Waals surface area contributed by atoms with E-state index in [1.807, 2.05) is 6.20 Å². The van der Waals surface area contributed by atoms with Crippen molar-refractivity contribution in [3.63, 3.8) is 0 Å². The summed E-state index contributed by atoms with van der Waals surface area (Å²) < 4.78 is 0. The molecule has 2 aliphatic rings. The van der Waals surface area contributed by atoms with Gasteiger partial charge in [-0.05, 0) is 90.0 Å². The highest BCUT2D eigenvalue weighted by Gasteiger charge is 2.25. The highest BCUT2D eigenvalue weighted by Crippen LogP contribution is 2.38. The summed E-state index contributed by atoms with van der Waals surface area (Å²) in [7, 11) is 0. The maximum absolute atomic E-state index is 5.26. The first-order valence-corrected chi connectivity index (χ1v) is 19.9. The summed E-state index contributed by atoms with van der Waals surface area (Å²) in [6, 6.07) is 63.2. The molecule has 0 N–H and O–H groups in total. The van der Waals surface area contributed by atoms with E-state index in [4.69, 9.17) is 9.97 Å². The zero-order valence-corrected chi connectivity index (χ0v) is 31.7. The molecule has 9 aromatic rings. The van der Waals surface area contributed by atoms with E-state index in [9.17, 15) is 0 Å². The maximum Gasteiger partial charge on any atom is 0.160 e. The number of hydrogen-bond donors (Lipinski definition) is 0. The molecule has 0 saturated carbocycles. The topological polar surface area (TPSA) is 38.1 Å². The Morgan fingerprint density at radius 3 is 1.90 bits per heavy atom. The normalized spacial score (nSPS) is 15.8. The van der Waals surface area contributed by atoms with Crippen molar-refractivity contribution in [3.05, 3.63) is 218 Å². The first-order valence-electron chi connectivity index (χ1n) is 19.9. The fourth-order valence-corrected chi connectivity index (χ4v) is 8.70. The second-order valence-electron chi connectivity index (χ2n) is 15.2. The molecule has 1 aliphatic heterocycles. The van der Waals surface area contributed by atoms with Crippen molar-refractivity contribution in [2.24, 2.45) is 10.9 Å².